The van der Waals surface area contributed by atoms with Gasteiger partial charge >= 0.3 is 0 Å². The Hall–Kier alpha value is -3.48. The van der Waals surface area contributed by atoms with Gasteiger partial charge in [0.15, 0.2) is 0 Å². The van der Waals surface area contributed by atoms with E-state index in [4.69, 9.17) is 9.84 Å². The number of piperazine rings is 1. The number of hydrogen-bond acceptors (Lipinski definition) is 5. The molecule has 0 unspecified atom stereocenters. The Morgan fingerprint density at radius 3 is 2.17 bits per heavy atom. The summed E-state index contributed by atoms with van der Waals surface area (Å²) in [5.41, 5.74) is 4.43. The zero-order valence-electron chi connectivity index (χ0n) is 20.9. The van der Waals surface area contributed by atoms with Crippen molar-refractivity contribution < 1.29 is 9.53 Å². The highest BCUT2D eigenvalue weighted by molar-refractivity contribution is 6.03. The number of hydrazone groups is 1. The van der Waals surface area contributed by atoms with Crippen LogP contribution in [0.25, 0.3) is 0 Å². The van der Waals surface area contributed by atoms with Crippen LogP contribution in [-0.4, -0.2) is 65.8 Å². The lowest BCUT2D eigenvalue weighted by molar-refractivity contribution is -0.134. The molecule has 0 aliphatic carbocycles. The molecule has 3 aromatic rings. The summed E-state index contributed by atoms with van der Waals surface area (Å²) >= 11 is 0. The van der Waals surface area contributed by atoms with Gasteiger partial charge in [0.25, 0.3) is 5.91 Å². The van der Waals surface area contributed by atoms with Gasteiger partial charge in [0.05, 0.1) is 24.9 Å². The lowest BCUT2D eigenvalue weighted by Gasteiger charge is -2.35. The van der Waals surface area contributed by atoms with Crippen LogP contribution < -0.4 is 4.74 Å². The predicted molar refractivity (Wildman–Crippen MR) is 143 cm³/mol. The van der Waals surface area contributed by atoms with Gasteiger partial charge in [-0.1, -0.05) is 72.8 Å². The molecule has 1 atom stereocenters. The minimum absolute atomic E-state index is 0.0522. The van der Waals surface area contributed by atoms with Gasteiger partial charge < -0.3 is 4.74 Å². The number of nitrogens with zero attached hydrogens (tertiary/aromatic N) is 4. The van der Waals surface area contributed by atoms with E-state index in [2.05, 4.69) is 64.4 Å². The average molecular weight is 483 g/mol. The quantitative estimate of drug-likeness (QED) is 0.472. The van der Waals surface area contributed by atoms with Gasteiger partial charge in [-0.3, -0.25) is 14.6 Å². The molecule has 5 rings (SSSR count). The molecule has 0 aromatic heterocycles. The van der Waals surface area contributed by atoms with Gasteiger partial charge in [-0.05, 0) is 35.7 Å². The summed E-state index contributed by atoms with van der Waals surface area (Å²) in [4.78, 5) is 18.3. The van der Waals surface area contributed by atoms with Crippen LogP contribution in [0, 0.1) is 0 Å². The second kappa shape index (κ2) is 11.5. The van der Waals surface area contributed by atoms with Crippen molar-refractivity contribution in [3.63, 3.8) is 0 Å². The molecule has 2 aliphatic rings. The van der Waals surface area contributed by atoms with E-state index >= 15 is 0 Å². The number of benzene rings is 3. The molecule has 1 saturated heterocycles. The van der Waals surface area contributed by atoms with Crippen LogP contribution in [0.4, 0.5) is 0 Å². The van der Waals surface area contributed by atoms with Crippen molar-refractivity contribution in [3.05, 3.63) is 102 Å². The molecule has 1 amide bonds. The predicted octanol–water partition coefficient (Wildman–Crippen LogP) is 4.58. The first-order chi connectivity index (χ1) is 17.7. The number of ether oxygens (including phenoxy) is 1. The molecule has 6 heteroatoms. The van der Waals surface area contributed by atoms with Crippen molar-refractivity contribution in [1.29, 1.82) is 0 Å². The normalized spacial score (nSPS) is 18.8. The maximum absolute atomic E-state index is 13.6. The minimum atomic E-state index is -0.109. The Kier molecular flexibility index (Phi) is 7.74. The molecule has 1 fully saturated rings. The largest absolute Gasteiger partial charge is 0.494 e. The Balaban J connectivity index is 1.26. The molecular formula is C30H34N4O2. The van der Waals surface area contributed by atoms with Crippen molar-refractivity contribution in [3.8, 4) is 5.75 Å². The van der Waals surface area contributed by atoms with E-state index in [-0.39, 0.29) is 11.9 Å². The monoisotopic (exact) mass is 482 g/mol. The van der Waals surface area contributed by atoms with Crippen LogP contribution in [0.2, 0.25) is 0 Å². The molecule has 0 bridgehead atoms. The second-order valence-corrected chi connectivity index (χ2v) is 9.41. The third-order valence-electron chi connectivity index (χ3n) is 6.92. The Morgan fingerprint density at radius 2 is 1.50 bits per heavy atom. The molecule has 36 heavy (non-hydrogen) atoms. The number of amides is 1. The highest BCUT2D eigenvalue weighted by atomic mass is 16.5. The lowest BCUT2D eigenvalue weighted by Crippen LogP contribution is -2.49. The molecule has 0 N–H and O–H groups in total. The summed E-state index contributed by atoms with van der Waals surface area (Å²) in [6.07, 6.45) is 0.703. The number of carbonyl (C=O) groups is 1. The third kappa shape index (κ3) is 5.83. The standard InChI is InChI=1S/C30H34N4O2/c1-2-36-27-15-13-26(14-16-27)29-21-28(25-11-7-4-8-12-25)31-34(29)30(35)23-33-19-17-32(18-20-33)22-24-9-5-3-6-10-24/h3-16,29H,2,17-23H2,1H3/t29-/m1/s1. The van der Waals surface area contributed by atoms with Crippen LogP contribution in [-0.2, 0) is 11.3 Å². The minimum Gasteiger partial charge on any atom is -0.494 e. The first kappa shape index (κ1) is 24.2. The molecule has 0 saturated carbocycles. The molecule has 6 nitrogen and oxygen atoms in total. The Labute approximate surface area is 213 Å². The molecule has 0 radical (unpaired) electrons. The maximum atomic E-state index is 13.6. The zero-order chi connectivity index (χ0) is 24.7. The van der Waals surface area contributed by atoms with Crippen molar-refractivity contribution >= 4 is 11.6 Å². The summed E-state index contributed by atoms with van der Waals surface area (Å²) in [5, 5.41) is 6.56. The zero-order valence-corrected chi connectivity index (χ0v) is 20.9. The smallest absolute Gasteiger partial charge is 0.257 e. The lowest BCUT2D eigenvalue weighted by atomic mass is 9.98. The van der Waals surface area contributed by atoms with Crippen molar-refractivity contribution in [2.24, 2.45) is 5.10 Å². The van der Waals surface area contributed by atoms with Gasteiger partial charge in [0.1, 0.15) is 5.75 Å². The topological polar surface area (TPSA) is 48.4 Å². The Morgan fingerprint density at radius 1 is 0.861 bits per heavy atom. The third-order valence-corrected chi connectivity index (χ3v) is 6.92. The fourth-order valence-electron chi connectivity index (χ4n) is 4.97. The fourth-order valence-corrected chi connectivity index (χ4v) is 4.97. The number of hydrogen-bond donors (Lipinski definition) is 0. The van der Waals surface area contributed by atoms with E-state index in [1.165, 1.54) is 5.56 Å². The van der Waals surface area contributed by atoms with E-state index in [1.807, 2.05) is 37.3 Å². The van der Waals surface area contributed by atoms with Crippen molar-refractivity contribution in [2.45, 2.75) is 25.9 Å². The van der Waals surface area contributed by atoms with Crippen LogP contribution in [0.3, 0.4) is 0 Å². The van der Waals surface area contributed by atoms with Crippen LogP contribution in [0.1, 0.15) is 36.1 Å². The summed E-state index contributed by atoms with van der Waals surface area (Å²) < 4.78 is 5.62. The molecule has 186 valence electrons. The first-order valence-corrected chi connectivity index (χ1v) is 12.9. The molecule has 0 spiro atoms. The average Bonchev–Trinajstić information content (AvgIpc) is 3.37. The second-order valence-electron chi connectivity index (χ2n) is 9.41. The van der Waals surface area contributed by atoms with Gasteiger partial charge in [0, 0.05) is 39.1 Å². The highest BCUT2D eigenvalue weighted by Gasteiger charge is 2.34. The van der Waals surface area contributed by atoms with E-state index in [9.17, 15) is 4.79 Å². The highest BCUT2D eigenvalue weighted by Crippen LogP contribution is 2.33. The number of rotatable bonds is 8. The van der Waals surface area contributed by atoms with Gasteiger partial charge in [-0.2, -0.15) is 5.10 Å². The molecule has 2 heterocycles. The number of carbonyl (C=O) groups excluding carboxylic acids is 1. The van der Waals surface area contributed by atoms with E-state index in [0.29, 0.717) is 19.6 Å². The van der Waals surface area contributed by atoms with E-state index in [1.54, 1.807) is 5.01 Å². The van der Waals surface area contributed by atoms with E-state index < -0.39 is 0 Å². The first-order valence-electron chi connectivity index (χ1n) is 12.9. The molecule has 2 aliphatic heterocycles. The molecule has 3 aromatic carbocycles. The summed E-state index contributed by atoms with van der Waals surface area (Å²) in [5.74, 6) is 0.894. The molecular weight excluding hydrogens is 448 g/mol. The maximum Gasteiger partial charge on any atom is 0.257 e. The Bertz CT molecular complexity index is 1160. The van der Waals surface area contributed by atoms with Gasteiger partial charge in [0.2, 0.25) is 0 Å². The van der Waals surface area contributed by atoms with Crippen LogP contribution in [0.5, 0.6) is 5.75 Å². The summed E-state index contributed by atoms with van der Waals surface area (Å²) in [6.45, 7) is 7.65. The SMILES string of the molecule is CCOc1ccc([C@H]2CC(c3ccccc3)=NN2C(=O)CN2CCN(Cc3ccccc3)CC2)cc1. The van der Waals surface area contributed by atoms with Gasteiger partial charge in [-0.15, -0.1) is 0 Å². The van der Waals surface area contributed by atoms with E-state index in [0.717, 1.165) is 55.3 Å². The van der Waals surface area contributed by atoms with Crippen LogP contribution >= 0.6 is 0 Å². The van der Waals surface area contributed by atoms with Gasteiger partial charge in [-0.25, -0.2) is 5.01 Å². The summed E-state index contributed by atoms with van der Waals surface area (Å²) in [7, 11) is 0. The van der Waals surface area contributed by atoms with Crippen molar-refractivity contribution in [2.75, 3.05) is 39.3 Å². The fraction of sp³-hybridized carbons (Fsp3) is 0.333. The van der Waals surface area contributed by atoms with Crippen molar-refractivity contribution in [1.82, 2.24) is 14.8 Å². The van der Waals surface area contributed by atoms with Crippen LogP contribution in [0.15, 0.2) is 90.0 Å². The summed E-state index contributed by atoms with van der Waals surface area (Å²) in [6, 6.07) is 28.7.